The molecule has 1 N–H and O–H groups in total. The molecular weight excluding hydrogens is 348 g/mol. The van der Waals surface area contributed by atoms with Crippen molar-refractivity contribution < 1.29 is 24.2 Å². The summed E-state index contributed by atoms with van der Waals surface area (Å²) in [5, 5.41) is 9.15. The number of rotatable bonds is 9. The Morgan fingerprint density at radius 2 is 1.96 bits per heavy atom. The Balaban J connectivity index is 2.12. The van der Waals surface area contributed by atoms with E-state index in [4.69, 9.17) is 9.84 Å². The molecule has 142 valence electrons. The zero-order chi connectivity index (χ0) is 19.6. The van der Waals surface area contributed by atoms with Crippen LogP contribution >= 0.6 is 0 Å². The first-order valence-electron chi connectivity index (χ1n) is 8.69. The zero-order valence-corrected chi connectivity index (χ0v) is 15.1. The maximum Gasteiger partial charge on any atom is 0.335 e. The van der Waals surface area contributed by atoms with Crippen molar-refractivity contribution in [2.45, 2.75) is 32.7 Å². The number of carboxylic acid groups (broad SMARTS) is 1. The second kappa shape index (κ2) is 10.1. The van der Waals surface area contributed by atoms with Crippen LogP contribution in [0.2, 0.25) is 0 Å². The molecule has 7 heteroatoms. The van der Waals surface area contributed by atoms with Gasteiger partial charge < -0.3 is 14.7 Å². The fraction of sp³-hybridized carbons (Fsp3) is 0.300. The highest BCUT2D eigenvalue weighted by molar-refractivity contribution is 5.93. The Morgan fingerprint density at radius 1 is 1.15 bits per heavy atom. The molecule has 7 nitrogen and oxygen atoms in total. The van der Waals surface area contributed by atoms with E-state index in [1.165, 1.54) is 12.1 Å². The molecule has 1 aromatic carbocycles. The number of hydrogen-bond acceptors (Lipinski definition) is 5. The van der Waals surface area contributed by atoms with E-state index in [0.717, 1.165) is 0 Å². The molecule has 0 atom stereocenters. The predicted octanol–water partition coefficient (Wildman–Crippen LogP) is 3.05. The number of aromatic nitrogens is 1. The normalized spacial score (nSPS) is 10.3. The van der Waals surface area contributed by atoms with E-state index in [2.05, 4.69) is 4.98 Å². The molecule has 1 amide bonds. The Labute approximate surface area is 157 Å². The van der Waals surface area contributed by atoms with E-state index in [-0.39, 0.29) is 36.8 Å². The highest BCUT2D eigenvalue weighted by Crippen LogP contribution is 2.19. The van der Waals surface area contributed by atoms with Gasteiger partial charge in [0.2, 0.25) is 5.91 Å². The molecular formula is C20H22N2O5. The topological polar surface area (TPSA) is 96.8 Å². The lowest BCUT2D eigenvalue weighted by Crippen LogP contribution is -2.30. The first kappa shape index (κ1) is 20.1. The number of carbonyl (C=O) groups is 3. The summed E-state index contributed by atoms with van der Waals surface area (Å²) in [5.41, 5.74) is 1.46. The number of hydrogen-bond donors (Lipinski definition) is 1. The average Bonchev–Trinajstić information content (AvgIpc) is 2.67. The quantitative estimate of drug-likeness (QED) is 0.682. The third-order valence-corrected chi connectivity index (χ3v) is 3.85. The predicted molar refractivity (Wildman–Crippen MR) is 99.3 cm³/mol. The van der Waals surface area contributed by atoms with Gasteiger partial charge in [-0.25, -0.2) is 4.79 Å². The van der Waals surface area contributed by atoms with E-state index in [1.807, 2.05) is 0 Å². The van der Waals surface area contributed by atoms with Gasteiger partial charge in [0.05, 0.1) is 30.6 Å². The molecule has 0 saturated carbocycles. The van der Waals surface area contributed by atoms with Crippen molar-refractivity contribution in [2.24, 2.45) is 0 Å². The molecule has 1 aromatic heterocycles. The van der Waals surface area contributed by atoms with E-state index >= 15 is 0 Å². The van der Waals surface area contributed by atoms with Crippen molar-refractivity contribution in [3.63, 3.8) is 0 Å². The van der Waals surface area contributed by atoms with Gasteiger partial charge in [-0.1, -0.05) is 12.1 Å². The molecule has 0 aliphatic carbocycles. The van der Waals surface area contributed by atoms with Crippen molar-refractivity contribution in [1.29, 1.82) is 0 Å². The lowest BCUT2D eigenvalue weighted by molar-refractivity contribution is -0.143. The van der Waals surface area contributed by atoms with Gasteiger partial charge in [-0.3, -0.25) is 14.6 Å². The zero-order valence-electron chi connectivity index (χ0n) is 15.1. The highest BCUT2D eigenvalue weighted by atomic mass is 16.5. The number of anilines is 1. The van der Waals surface area contributed by atoms with Crippen LogP contribution in [0.25, 0.3) is 0 Å². The van der Waals surface area contributed by atoms with E-state index in [0.29, 0.717) is 24.3 Å². The van der Waals surface area contributed by atoms with Gasteiger partial charge in [0.25, 0.3) is 0 Å². The monoisotopic (exact) mass is 370 g/mol. The summed E-state index contributed by atoms with van der Waals surface area (Å²) in [7, 11) is 0. The molecule has 0 aliphatic rings. The van der Waals surface area contributed by atoms with Gasteiger partial charge in [0.1, 0.15) is 0 Å². The molecule has 2 rings (SSSR count). The summed E-state index contributed by atoms with van der Waals surface area (Å²) in [5.74, 6) is -1.52. The van der Waals surface area contributed by atoms with E-state index in [9.17, 15) is 14.4 Å². The molecule has 2 aromatic rings. The molecule has 1 heterocycles. The lowest BCUT2D eigenvalue weighted by Gasteiger charge is -2.23. The largest absolute Gasteiger partial charge is 0.478 e. The van der Waals surface area contributed by atoms with Gasteiger partial charge in [0.15, 0.2) is 0 Å². The van der Waals surface area contributed by atoms with E-state index < -0.39 is 5.97 Å². The number of esters is 1. The Bertz CT molecular complexity index is 792. The number of benzene rings is 1. The van der Waals surface area contributed by atoms with Crippen molar-refractivity contribution in [2.75, 3.05) is 11.5 Å². The summed E-state index contributed by atoms with van der Waals surface area (Å²) in [6.07, 6.45) is 3.91. The molecule has 0 radical (unpaired) electrons. The summed E-state index contributed by atoms with van der Waals surface area (Å²) in [6.45, 7) is 2.26. The molecule has 0 fully saturated rings. The number of aromatic carboxylic acids is 1. The number of nitrogens with zero attached hydrogens (tertiary/aromatic N) is 2. The van der Waals surface area contributed by atoms with Crippen LogP contribution in [0, 0.1) is 0 Å². The minimum Gasteiger partial charge on any atom is -0.478 e. The van der Waals surface area contributed by atoms with Crippen molar-refractivity contribution in [3.05, 3.63) is 59.9 Å². The molecule has 0 saturated heterocycles. The van der Waals surface area contributed by atoms with Crippen LogP contribution in [0.5, 0.6) is 0 Å². The number of amides is 1. The molecule has 0 unspecified atom stereocenters. The third-order valence-electron chi connectivity index (χ3n) is 3.85. The Hall–Kier alpha value is -3.22. The maximum absolute atomic E-state index is 12.7. The SMILES string of the molecule is CCOC(=O)CCCC(=O)N(Cc1cccc(C(=O)O)c1)c1cccnc1. The Morgan fingerprint density at radius 3 is 2.63 bits per heavy atom. The lowest BCUT2D eigenvalue weighted by atomic mass is 10.1. The van der Waals surface area contributed by atoms with Crippen LogP contribution in [-0.2, 0) is 20.9 Å². The second-order valence-electron chi connectivity index (χ2n) is 5.86. The van der Waals surface area contributed by atoms with Crippen LogP contribution in [0.15, 0.2) is 48.8 Å². The third kappa shape index (κ3) is 6.22. The molecule has 27 heavy (non-hydrogen) atoms. The molecule has 0 spiro atoms. The van der Waals surface area contributed by atoms with Crippen molar-refractivity contribution in [1.82, 2.24) is 4.98 Å². The summed E-state index contributed by atoms with van der Waals surface area (Å²) in [6, 6.07) is 9.94. The van der Waals surface area contributed by atoms with Gasteiger partial charge >= 0.3 is 11.9 Å². The molecule has 0 aliphatic heterocycles. The van der Waals surface area contributed by atoms with E-state index in [1.54, 1.807) is 48.5 Å². The van der Waals surface area contributed by atoms with Crippen LogP contribution < -0.4 is 4.90 Å². The van der Waals surface area contributed by atoms with Gasteiger partial charge in [-0.2, -0.15) is 0 Å². The second-order valence-corrected chi connectivity index (χ2v) is 5.86. The maximum atomic E-state index is 12.7. The minimum absolute atomic E-state index is 0.161. The van der Waals surface area contributed by atoms with Crippen molar-refractivity contribution >= 4 is 23.5 Å². The van der Waals surface area contributed by atoms with Crippen molar-refractivity contribution in [3.8, 4) is 0 Å². The average molecular weight is 370 g/mol. The van der Waals surface area contributed by atoms with Gasteiger partial charge in [-0.15, -0.1) is 0 Å². The Kier molecular flexibility index (Phi) is 7.49. The first-order valence-corrected chi connectivity index (χ1v) is 8.69. The fourth-order valence-electron chi connectivity index (χ4n) is 2.57. The number of ether oxygens (including phenoxy) is 1. The number of carbonyl (C=O) groups excluding carboxylic acids is 2. The minimum atomic E-state index is -1.02. The fourth-order valence-corrected chi connectivity index (χ4v) is 2.57. The van der Waals surface area contributed by atoms with Crippen LogP contribution in [0.4, 0.5) is 5.69 Å². The van der Waals surface area contributed by atoms with Gasteiger partial charge in [0, 0.05) is 19.0 Å². The number of pyridine rings is 1. The van der Waals surface area contributed by atoms with Crippen LogP contribution in [0.1, 0.15) is 42.1 Å². The smallest absolute Gasteiger partial charge is 0.335 e. The molecule has 0 bridgehead atoms. The highest BCUT2D eigenvalue weighted by Gasteiger charge is 2.17. The number of carboxylic acids is 1. The van der Waals surface area contributed by atoms with Crippen LogP contribution in [0.3, 0.4) is 0 Å². The summed E-state index contributed by atoms with van der Waals surface area (Å²) >= 11 is 0. The summed E-state index contributed by atoms with van der Waals surface area (Å²) < 4.78 is 4.87. The standard InChI is InChI=1S/C20H22N2O5/c1-2-27-19(24)10-4-9-18(23)22(17-8-5-11-21-13-17)14-15-6-3-7-16(12-15)20(25)26/h3,5-8,11-13H,2,4,9-10,14H2,1H3,(H,25,26). The van der Waals surface area contributed by atoms with Gasteiger partial charge in [-0.05, 0) is 43.2 Å². The summed E-state index contributed by atoms with van der Waals surface area (Å²) in [4.78, 5) is 40.9. The first-order chi connectivity index (χ1) is 13.0. The van der Waals surface area contributed by atoms with Crippen LogP contribution in [-0.4, -0.2) is 34.5 Å².